The van der Waals surface area contributed by atoms with Crippen molar-refractivity contribution in [2.75, 3.05) is 33.3 Å². The fourth-order valence-corrected chi connectivity index (χ4v) is 9.25. The van der Waals surface area contributed by atoms with E-state index in [1.54, 1.807) is 36.0 Å². The number of aromatic nitrogens is 2. The number of amides is 7. The molecule has 22 heteroatoms. The van der Waals surface area contributed by atoms with Crippen LogP contribution in [0.1, 0.15) is 116 Å². The largest absolute Gasteiger partial charge is 0.387 e. The third-order valence-electron chi connectivity index (χ3n) is 13.3. The summed E-state index contributed by atoms with van der Waals surface area (Å²) in [7, 11) is 1.81. The van der Waals surface area contributed by atoms with Gasteiger partial charge in [-0.05, 0) is 106 Å². The number of pyridine rings is 1. The zero-order valence-corrected chi connectivity index (χ0v) is 46.7. The molecule has 7 amide bonds. The number of hydrogen-bond acceptors (Lipinski definition) is 12. The third kappa shape index (κ3) is 20.8. The smallest absolute Gasteiger partial charge is 0.248 e. The molecule has 0 fully saturated rings. The molecule has 0 bridgehead atoms. The molecule has 4 rings (SSSR count). The molecule has 2 heterocycles. The van der Waals surface area contributed by atoms with Gasteiger partial charge in [0.15, 0.2) is 11.6 Å². The van der Waals surface area contributed by atoms with Gasteiger partial charge in [0.1, 0.15) is 30.3 Å². The highest BCUT2D eigenvalue weighted by atomic mass is 19.1. The molecule has 0 radical (unpaired) electrons. The number of aliphatic hydroxyl groups is 1. The topological polar surface area (TPSA) is 293 Å². The van der Waals surface area contributed by atoms with E-state index in [9.17, 15) is 52.6 Å². The highest BCUT2D eigenvalue weighted by Crippen LogP contribution is 2.41. The van der Waals surface area contributed by atoms with Crippen molar-refractivity contribution in [1.82, 2.24) is 46.4 Å². The number of carbonyl (C=O) groups excluding carboxylic acids is 9. The zero-order valence-electron chi connectivity index (χ0n) is 46.7. The van der Waals surface area contributed by atoms with E-state index in [-0.39, 0.29) is 69.0 Å². The second-order valence-corrected chi connectivity index (χ2v) is 21.1. The van der Waals surface area contributed by atoms with Crippen molar-refractivity contribution < 1.29 is 57.0 Å². The van der Waals surface area contributed by atoms with E-state index in [2.05, 4.69) is 36.9 Å². The lowest BCUT2D eigenvalue weighted by Gasteiger charge is -2.41. The van der Waals surface area contributed by atoms with Gasteiger partial charge >= 0.3 is 0 Å². The summed E-state index contributed by atoms with van der Waals surface area (Å²) in [5, 5.41) is 26.7. The summed E-state index contributed by atoms with van der Waals surface area (Å²) in [4.78, 5) is 125. The zero-order chi connectivity index (χ0) is 59.1. The van der Waals surface area contributed by atoms with E-state index in [4.69, 9.17) is 5.73 Å². The van der Waals surface area contributed by atoms with Crippen molar-refractivity contribution in [2.45, 2.75) is 136 Å². The molecule has 0 aliphatic heterocycles. The number of nitrogens with two attached hydrogens (primary N) is 1. The molecular formula is C58H78F2N10O10. The number of primary amides is 1. The summed E-state index contributed by atoms with van der Waals surface area (Å²) >= 11 is 0. The Morgan fingerprint density at radius 2 is 1.44 bits per heavy atom. The van der Waals surface area contributed by atoms with Crippen LogP contribution in [0.2, 0.25) is 0 Å². The van der Waals surface area contributed by atoms with Crippen LogP contribution in [-0.4, -0.2) is 130 Å². The number of ketones is 2. The normalized spacial score (nSPS) is 13.6. The van der Waals surface area contributed by atoms with Crippen LogP contribution >= 0.6 is 0 Å². The van der Waals surface area contributed by atoms with Gasteiger partial charge in [-0.1, -0.05) is 58.0 Å². The van der Waals surface area contributed by atoms with Crippen LogP contribution in [0.4, 0.5) is 8.78 Å². The molecule has 2 aromatic heterocycles. The number of carbonyl (C=O) groups is 9. The number of nitrogens with zero attached hydrogens (tertiary/aromatic N) is 3. The van der Waals surface area contributed by atoms with Crippen LogP contribution in [0.15, 0.2) is 85.3 Å². The van der Waals surface area contributed by atoms with Gasteiger partial charge in [-0.15, -0.1) is 0 Å². The number of nitrogens with one attached hydrogen (secondary N) is 6. The summed E-state index contributed by atoms with van der Waals surface area (Å²) in [6.07, 6.45) is 5.13. The Kier molecular flexibility index (Phi) is 25.7. The van der Waals surface area contributed by atoms with Gasteiger partial charge < -0.3 is 52.2 Å². The Morgan fingerprint density at radius 3 is 2.08 bits per heavy atom. The molecule has 0 aliphatic carbocycles. The molecule has 0 saturated heterocycles. The van der Waals surface area contributed by atoms with Crippen molar-refractivity contribution in [2.24, 2.45) is 17.1 Å². The molecule has 0 unspecified atom stereocenters. The summed E-state index contributed by atoms with van der Waals surface area (Å²) in [5.41, 5.74) is 6.89. The Bertz CT molecular complexity index is 2750. The molecule has 80 heavy (non-hydrogen) atoms. The number of rotatable bonds is 33. The maximum atomic E-state index is 15.4. The molecule has 4 aromatic rings. The van der Waals surface area contributed by atoms with Gasteiger partial charge in [0, 0.05) is 80.7 Å². The van der Waals surface area contributed by atoms with Crippen LogP contribution < -0.4 is 37.6 Å². The second kappa shape index (κ2) is 31.8. The fourth-order valence-electron chi connectivity index (χ4n) is 9.25. The molecule has 20 nitrogen and oxygen atoms in total. The van der Waals surface area contributed by atoms with Crippen LogP contribution in [-0.2, 0) is 56.1 Å². The molecule has 0 spiro atoms. The molecular weight excluding hydrogens is 1030 g/mol. The standard InChI is InChI=1S/C58H78F2N10O10/c1-36(28-50(74)37(2)65-52(76)29-39-20-25-63-26-21-39)55(78)68-47(32-51(61)75)57(80)67-46(56(79)64-24-13-17-49(73)45(66-38(3)72)16-11-12-23-62-7)22-27-70(53(77)35-71)54(58(4,5)6)48-30-41(43-31-42(59)18-19-44(43)60)34-69(48)33-40-14-9-8-10-15-40/h8-10,14-15,18-21,25-26,30-31,34,36-37,45-47,54,62,71H,11-13,16-17,22-24,27-29,32-33,35H2,1-7H3,(H2,61,75)(H,64,79)(H,65,76)(H,66,72)(H,67,80)(H,68,78)/t36-,37+,45+,46+,47+,54+/m1/s1. The van der Waals surface area contributed by atoms with Crippen molar-refractivity contribution >= 4 is 52.9 Å². The summed E-state index contributed by atoms with van der Waals surface area (Å²) in [5.74, 6) is -8.49. The van der Waals surface area contributed by atoms with Crippen molar-refractivity contribution in [3.05, 3.63) is 114 Å². The Hall–Kier alpha value is -7.72. The highest BCUT2D eigenvalue weighted by molar-refractivity contribution is 5.97. The van der Waals surface area contributed by atoms with E-state index in [0.717, 1.165) is 36.7 Å². The van der Waals surface area contributed by atoms with Gasteiger partial charge in [-0.25, -0.2) is 8.78 Å². The van der Waals surface area contributed by atoms with Gasteiger partial charge in [-0.2, -0.15) is 0 Å². The Morgan fingerprint density at radius 1 is 0.750 bits per heavy atom. The van der Waals surface area contributed by atoms with Gasteiger partial charge in [0.25, 0.3) is 0 Å². The first kappa shape index (κ1) is 64.8. The highest BCUT2D eigenvalue weighted by Gasteiger charge is 2.39. The molecule has 2 aromatic carbocycles. The first-order chi connectivity index (χ1) is 37.9. The van der Waals surface area contributed by atoms with E-state index < -0.39 is 107 Å². The van der Waals surface area contributed by atoms with Crippen LogP contribution in [0, 0.1) is 23.0 Å². The van der Waals surface area contributed by atoms with Crippen molar-refractivity contribution in [1.29, 1.82) is 0 Å². The minimum Gasteiger partial charge on any atom is -0.387 e. The van der Waals surface area contributed by atoms with Crippen LogP contribution in [0.5, 0.6) is 0 Å². The lowest BCUT2D eigenvalue weighted by atomic mass is 9.82. The molecule has 6 atom stereocenters. The first-order valence-electron chi connectivity index (χ1n) is 26.8. The SMILES string of the molecule is CNCCCC[C@H](NC(C)=O)C(=O)CCCNC(=O)[C@H](CCN(C(=O)CO)[C@@H](c1cc(-c2cc(F)ccc2F)cn1Cc1ccccc1)C(C)(C)C)NC(=O)[C@H](CC(N)=O)NC(=O)[C@H](C)CC(=O)[C@H](C)NC(=O)Cc1ccncc1. The second-order valence-electron chi connectivity index (χ2n) is 21.1. The van der Waals surface area contributed by atoms with Crippen LogP contribution in [0.3, 0.4) is 0 Å². The lowest BCUT2D eigenvalue weighted by Crippen LogP contribution is -2.56. The Balaban J connectivity index is 1.66. The van der Waals surface area contributed by atoms with Gasteiger partial charge in [-0.3, -0.25) is 48.1 Å². The van der Waals surface area contributed by atoms with E-state index in [1.165, 1.54) is 38.1 Å². The summed E-state index contributed by atoms with van der Waals surface area (Å²) in [6.45, 7) is 9.21. The predicted molar refractivity (Wildman–Crippen MR) is 296 cm³/mol. The lowest BCUT2D eigenvalue weighted by molar-refractivity contribution is -0.140. The maximum absolute atomic E-state index is 15.4. The summed E-state index contributed by atoms with van der Waals surface area (Å²) in [6, 6.07) is 11.3. The minimum atomic E-state index is -1.68. The number of halogens is 2. The minimum absolute atomic E-state index is 0.0200. The average molecular weight is 1110 g/mol. The van der Waals surface area contributed by atoms with E-state index in [0.29, 0.717) is 29.7 Å². The average Bonchev–Trinajstić information content (AvgIpc) is 3.82. The number of benzene rings is 2. The van der Waals surface area contributed by atoms with Crippen LogP contribution in [0.25, 0.3) is 11.1 Å². The number of unbranched alkanes of at least 4 members (excludes halogenated alkanes) is 1. The van der Waals surface area contributed by atoms with Gasteiger partial charge in [0.05, 0.1) is 31.0 Å². The monoisotopic (exact) mass is 1110 g/mol. The quantitative estimate of drug-likeness (QED) is 0.0317. The first-order valence-corrected chi connectivity index (χ1v) is 26.8. The van der Waals surface area contributed by atoms with Crippen molar-refractivity contribution in [3.63, 3.8) is 0 Å². The van der Waals surface area contributed by atoms with E-state index >= 15 is 4.39 Å². The molecule has 0 saturated carbocycles. The number of Topliss-reactive ketones (excluding diaryl/α,β-unsaturated/α-hetero) is 2. The summed E-state index contributed by atoms with van der Waals surface area (Å²) < 4.78 is 31.9. The molecule has 0 aliphatic rings. The predicted octanol–water partition coefficient (Wildman–Crippen LogP) is 3.72. The maximum Gasteiger partial charge on any atom is 0.248 e. The van der Waals surface area contributed by atoms with Crippen molar-refractivity contribution in [3.8, 4) is 11.1 Å². The molecule has 434 valence electrons. The third-order valence-corrected chi connectivity index (χ3v) is 13.3. The van der Waals surface area contributed by atoms with E-state index in [1.807, 2.05) is 51.1 Å². The Labute approximate surface area is 466 Å². The fraction of sp³-hybridized carbons (Fsp3) is 0.483. The van der Waals surface area contributed by atoms with Gasteiger partial charge in [0.2, 0.25) is 41.4 Å². The number of aliphatic hydroxyl groups excluding tert-OH is 1. The number of hydrogen-bond donors (Lipinski definition) is 8. The molecule has 9 N–H and O–H groups in total.